The van der Waals surface area contributed by atoms with Crippen LogP contribution in [-0.2, 0) is 0 Å². The Morgan fingerprint density at radius 3 is 2.43 bits per heavy atom. The fourth-order valence-electron chi connectivity index (χ4n) is 3.36. The quantitative estimate of drug-likeness (QED) is 0.715. The van der Waals surface area contributed by atoms with Crippen molar-refractivity contribution in [1.29, 1.82) is 0 Å². The number of nitrogens with one attached hydrogen (secondary N) is 1. The van der Waals surface area contributed by atoms with Gasteiger partial charge in [-0.05, 0) is 54.1 Å². The summed E-state index contributed by atoms with van der Waals surface area (Å²) >= 11 is 0. The summed E-state index contributed by atoms with van der Waals surface area (Å²) in [5.74, 6) is 0.992. The summed E-state index contributed by atoms with van der Waals surface area (Å²) in [6.07, 6.45) is -0.467. The summed E-state index contributed by atoms with van der Waals surface area (Å²) in [6, 6.07) is 19.8. The molecule has 0 spiro atoms. The molecule has 0 aromatic heterocycles. The number of hydrogen-bond donors (Lipinski definition) is 2. The first kappa shape index (κ1) is 17.7. The predicted molar refractivity (Wildman–Crippen MR) is 107 cm³/mol. The number of fused-ring (bicyclic) bond motifs is 1. The standard InChI is InChI=1S/C22H20N2O4/c1-27-16-10-8-15(9-11-16)24-21(14-7-12-19(25)20(13-14)28-2)23-18-6-4-3-5-17(18)22(24)26/h3-13,21,23,25H,1-2H3. The van der Waals surface area contributed by atoms with Crippen molar-refractivity contribution in [2.24, 2.45) is 0 Å². The monoisotopic (exact) mass is 376 g/mol. The summed E-state index contributed by atoms with van der Waals surface area (Å²) in [7, 11) is 3.10. The van der Waals surface area contributed by atoms with Crippen LogP contribution in [0.3, 0.4) is 0 Å². The molecule has 1 unspecified atom stereocenters. The van der Waals surface area contributed by atoms with Gasteiger partial charge in [-0.2, -0.15) is 0 Å². The van der Waals surface area contributed by atoms with Crippen molar-refractivity contribution in [3.8, 4) is 17.2 Å². The zero-order valence-electron chi connectivity index (χ0n) is 15.5. The molecule has 1 heterocycles. The van der Waals surface area contributed by atoms with E-state index in [0.717, 1.165) is 16.9 Å². The molecule has 0 bridgehead atoms. The minimum absolute atomic E-state index is 0.0461. The van der Waals surface area contributed by atoms with E-state index >= 15 is 0 Å². The van der Waals surface area contributed by atoms with Gasteiger partial charge in [0.2, 0.25) is 0 Å². The third kappa shape index (κ3) is 2.99. The van der Waals surface area contributed by atoms with Crippen LogP contribution in [0, 0.1) is 0 Å². The van der Waals surface area contributed by atoms with Crippen LogP contribution in [0.1, 0.15) is 22.1 Å². The van der Waals surface area contributed by atoms with Gasteiger partial charge in [0, 0.05) is 11.4 Å². The smallest absolute Gasteiger partial charge is 0.262 e. The number of ether oxygens (including phenoxy) is 2. The van der Waals surface area contributed by atoms with Gasteiger partial charge in [-0.1, -0.05) is 18.2 Å². The summed E-state index contributed by atoms with van der Waals surface area (Å²) < 4.78 is 10.5. The molecule has 0 fully saturated rings. The number of phenolic OH excluding ortho intramolecular Hbond substituents is 1. The van der Waals surface area contributed by atoms with Crippen LogP contribution in [0.25, 0.3) is 0 Å². The Balaban J connectivity index is 1.84. The number of carbonyl (C=O) groups is 1. The summed E-state index contributed by atoms with van der Waals surface area (Å²) in [5, 5.41) is 13.4. The molecule has 1 aliphatic rings. The van der Waals surface area contributed by atoms with Crippen LogP contribution in [-0.4, -0.2) is 25.2 Å². The minimum atomic E-state index is -0.467. The number of phenols is 1. The van der Waals surface area contributed by atoms with Gasteiger partial charge in [0.1, 0.15) is 11.9 Å². The molecule has 0 radical (unpaired) electrons. The van der Waals surface area contributed by atoms with E-state index in [4.69, 9.17) is 9.47 Å². The molecular formula is C22H20N2O4. The molecule has 28 heavy (non-hydrogen) atoms. The Bertz CT molecular complexity index is 1020. The van der Waals surface area contributed by atoms with E-state index < -0.39 is 6.17 Å². The van der Waals surface area contributed by atoms with E-state index in [9.17, 15) is 9.90 Å². The Labute approximate surface area is 162 Å². The highest BCUT2D eigenvalue weighted by molar-refractivity contribution is 6.12. The third-order valence-corrected chi connectivity index (χ3v) is 4.80. The van der Waals surface area contributed by atoms with E-state index in [1.807, 2.05) is 42.5 Å². The minimum Gasteiger partial charge on any atom is -0.504 e. The number of para-hydroxylation sites is 1. The fourth-order valence-corrected chi connectivity index (χ4v) is 3.36. The molecule has 0 aliphatic carbocycles. The zero-order chi connectivity index (χ0) is 19.7. The van der Waals surface area contributed by atoms with Gasteiger partial charge in [0.15, 0.2) is 11.5 Å². The molecule has 3 aromatic carbocycles. The van der Waals surface area contributed by atoms with E-state index in [-0.39, 0.29) is 11.7 Å². The average molecular weight is 376 g/mol. The highest BCUT2D eigenvalue weighted by Crippen LogP contribution is 2.39. The number of nitrogens with zero attached hydrogens (tertiary/aromatic N) is 1. The van der Waals surface area contributed by atoms with Crippen LogP contribution in [0.2, 0.25) is 0 Å². The number of hydrogen-bond acceptors (Lipinski definition) is 5. The molecule has 4 rings (SSSR count). The Morgan fingerprint density at radius 1 is 0.964 bits per heavy atom. The highest BCUT2D eigenvalue weighted by atomic mass is 16.5. The molecule has 1 atom stereocenters. The molecule has 1 amide bonds. The van der Waals surface area contributed by atoms with Crippen LogP contribution in [0.4, 0.5) is 11.4 Å². The summed E-state index contributed by atoms with van der Waals surface area (Å²) in [6.45, 7) is 0. The second kappa shape index (κ2) is 7.15. The number of benzene rings is 3. The summed E-state index contributed by atoms with van der Waals surface area (Å²) in [5.41, 5.74) is 2.87. The second-order valence-corrected chi connectivity index (χ2v) is 6.40. The molecule has 2 N–H and O–H groups in total. The van der Waals surface area contributed by atoms with Crippen molar-refractivity contribution in [2.45, 2.75) is 6.17 Å². The number of anilines is 2. The van der Waals surface area contributed by atoms with Crippen molar-refractivity contribution in [3.05, 3.63) is 77.9 Å². The first-order chi connectivity index (χ1) is 13.6. The third-order valence-electron chi connectivity index (χ3n) is 4.80. The van der Waals surface area contributed by atoms with Gasteiger partial charge in [0.25, 0.3) is 5.91 Å². The first-order valence-corrected chi connectivity index (χ1v) is 8.82. The second-order valence-electron chi connectivity index (χ2n) is 6.40. The number of amides is 1. The molecule has 6 heteroatoms. The van der Waals surface area contributed by atoms with Crippen molar-refractivity contribution in [2.75, 3.05) is 24.4 Å². The van der Waals surface area contributed by atoms with Gasteiger partial charge in [-0.15, -0.1) is 0 Å². The highest BCUT2D eigenvalue weighted by Gasteiger charge is 2.34. The van der Waals surface area contributed by atoms with Crippen LogP contribution in [0.5, 0.6) is 17.2 Å². The molecule has 1 aliphatic heterocycles. The average Bonchev–Trinajstić information content (AvgIpc) is 2.74. The number of rotatable bonds is 4. The first-order valence-electron chi connectivity index (χ1n) is 8.82. The molecule has 142 valence electrons. The lowest BCUT2D eigenvalue weighted by atomic mass is 10.0. The fraction of sp³-hybridized carbons (Fsp3) is 0.136. The molecule has 3 aromatic rings. The van der Waals surface area contributed by atoms with Crippen molar-refractivity contribution < 1.29 is 19.4 Å². The Hall–Kier alpha value is -3.67. The lowest BCUT2D eigenvalue weighted by Crippen LogP contribution is -2.43. The normalized spacial score (nSPS) is 15.6. The lowest BCUT2D eigenvalue weighted by molar-refractivity contribution is 0.0975. The van der Waals surface area contributed by atoms with E-state index in [1.165, 1.54) is 7.11 Å². The van der Waals surface area contributed by atoms with Crippen molar-refractivity contribution in [1.82, 2.24) is 0 Å². The van der Waals surface area contributed by atoms with Crippen molar-refractivity contribution >= 4 is 17.3 Å². The predicted octanol–water partition coefficient (Wildman–Crippen LogP) is 4.18. The van der Waals surface area contributed by atoms with E-state index in [0.29, 0.717) is 17.1 Å². The summed E-state index contributed by atoms with van der Waals surface area (Å²) in [4.78, 5) is 15.0. The number of carbonyl (C=O) groups excluding carboxylic acids is 1. The number of methoxy groups -OCH3 is 2. The van der Waals surface area contributed by atoms with E-state index in [2.05, 4.69) is 5.32 Å². The SMILES string of the molecule is COc1ccc(N2C(=O)c3ccccc3NC2c2ccc(O)c(OC)c2)cc1. The van der Waals surface area contributed by atoms with Crippen LogP contribution < -0.4 is 19.7 Å². The zero-order valence-corrected chi connectivity index (χ0v) is 15.5. The van der Waals surface area contributed by atoms with Gasteiger partial charge < -0.3 is 19.9 Å². The molecule has 0 saturated carbocycles. The topological polar surface area (TPSA) is 71.0 Å². The maximum Gasteiger partial charge on any atom is 0.262 e. The Kier molecular flexibility index (Phi) is 4.53. The molecular weight excluding hydrogens is 356 g/mol. The number of aromatic hydroxyl groups is 1. The maximum atomic E-state index is 13.4. The maximum absolute atomic E-state index is 13.4. The molecule has 6 nitrogen and oxygen atoms in total. The van der Waals surface area contributed by atoms with Crippen molar-refractivity contribution in [3.63, 3.8) is 0 Å². The van der Waals surface area contributed by atoms with Gasteiger partial charge in [0.05, 0.1) is 19.8 Å². The Morgan fingerprint density at radius 2 is 1.71 bits per heavy atom. The van der Waals surface area contributed by atoms with E-state index in [1.54, 1.807) is 36.3 Å². The van der Waals surface area contributed by atoms with Gasteiger partial charge in [-0.25, -0.2) is 0 Å². The molecule has 0 saturated heterocycles. The van der Waals surface area contributed by atoms with Gasteiger partial charge >= 0.3 is 0 Å². The van der Waals surface area contributed by atoms with Gasteiger partial charge in [-0.3, -0.25) is 9.69 Å². The largest absolute Gasteiger partial charge is 0.504 e. The lowest BCUT2D eigenvalue weighted by Gasteiger charge is -2.38. The van der Waals surface area contributed by atoms with Crippen LogP contribution >= 0.6 is 0 Å². The van der Waals surface area contributed by atoms with Crippen LogP contribution in [0.15, 0.2) is 66.7 Å².